The second-order valence-electron chi connectivity index (χ2n) is 5.42. The molecule has 25 heavy (non-hydrogen) atoms. The molecule has 0 saturated heterocycles. The zero-order chi connectivity index (χ0) is 18.0. The van der Waals surface area contributed by atoms with Crippen LogP contribution in [-0.2, 0) is 6.54 Å². The van der Waals surface area contributed by atoms with E-state index in [9.17, 15) is 14.7 Å². The van der Waals surface area contributed by atoms with Crippen LogP contribution in [0, 0.1) is 0 Å². The summed E-state index contributed by atoms with van der Waals surface area (Å²) in [4.78, 5) is 28.0. The number of nitrogens with zero attached hydrogens (tertiary/aromatic N) is 2. The van der Waals surface area contributed by atoms with Gasteiger partial charge in [0.15, 0.2) is 0 Å². The van der Waals surface area contributed by atoms with Gasteiger partial charge < -0.3 is 14.5 Å². The molecule has 0 bridgehead atoms. The molecule has 0 amide bonds. The molecule has 0 spiro atoms. The molecule has 1 aromatic heterocycles. The standard InChI is InChI=1S/C19H15BrN2O3/c1-2-22-17-10-6-13(19(24)25)11-16(17)21-15(18(22)23)9-5-12-3-7-14(20)8-4-12/h3-11H,2H2,1H3,(H,24,25)/p-1/b9-5+. The molecule has 0 aliphatic heterocycles. The third-order valence-corrected chi connectivity index (χ3v) is 4.36. The maximum atomic E-state index is 12.6. The molecule has 3 rings (SSSR count). The molecule has 126 valence electrons. The fraction of sp³-hybridized carbons (Fsp3) is 0.105. The summed E-state index contributed by atoms with van der Waals surface area (Å²) in [6.45, 7) is 2.32. The van der Waals surface area contributed by atoms with Crippen LogP contribution in [0.5, 0.6) is 0 Å². The van der Waals surface area contributed by atoms with Crippen molar-refractivity contribution in [2.24, 2.45) is 0 Å². The number of fused-ring (bicyclic) bond motifs is 1. The van der Waals surface area contributed by atoms with Crippen LogP contribution >= 0.6 is 15.9 Å². The van der Waals surface area contributed by atoms with E-state index in [1.807, 2.05) is 31.2 Å². The molecule has 0 aliphatic carbocycles. The number of aromatic nitrogens is 2. The Hall–Kier alpha value is -2.73. The number of carboxylic acids is 1. The largest absolute Gasteiger partial charge is 0.545 e. The Kier molecular flexibility index (Phi) is 4.81. The van der Waals surface area contributed by atoms with Crippen molar-refractivity contribution >= 4 is 45.1 Å². The maximum absolute atomic E-state index is 12.6. The van der Waals surface area contributed by atoms with Gasteiger partial charge in [-0.05, 0) is 48.4 Å². The number of carbonyl (C=O) groups is 1. The number of carbonyl (C=O) groups excluding carboxylic acids is 1. The predicted molar refractivity (Wildman–Crippen MR) is 99.1 cm³/mol. The maximum Gasteiger partial charge on any atom is 0.276 e. The number of halogens is 1. The Bertz CT molecular complexity index is 1040. The highest BCUT2D eigenvalue weighted by Crippen LogP contribution is 2.15. The third-order valence-electron chi connectivity index (χ3n) is 3.83. The van der Waals surface area contributed by atoms with Gasteiger partial charge in [0.05, 0.1) is 17.0 Å². The molecule has 0 N–H and O–H groups in total. The molecule has 5 nitrogen and oxygen atoms in total. The van der Waals surface area contributed by atoms with Crippen molar-refractivity contribution < 1.29 is 9.90 Å². The number of carboxylic acid groups (broad SMARTS) is 1. The van der Waals surface area contributed by atoms with E-state index in [0.29, 0.717) is 17.6 Å². The topological polar surface area (TPSA) is 75.0 Å². The van der Waals surface area contributed by atoms with Crippen molar-refractivity contribution in [3.8, 4) is 0 Å². The van der Waals surface area contributed by atoms with Gasteiger partial charge in [-0.3, -0.25) is 4.79 Å². The zero-order valence-corrected chi connectivity index (χ0v) is 15.0. The van der Waals surface area contributed by atoms with Gasteiger partial charge in [0.1, 0.15) is 5.69 Å². The fourth-order valence-corrected chi connectivity index (χ4v) is 2.83. The molecule has 0 unspecified atom stereocenters. The van der Waals surface area contributed by atoms with Gasteiger partial charge in [0, 0.05) is 11.0 Å². The average Bonchev–Trinajstić information content (AvgIpc) is 2.61. The van der Waals surface area contributed by atoms with Crippen molar-refractivity contribution in [3.63, 3.8) is 0 Å². The van der Waals surface area contributed by atoms with Crippen LogP contribution in [0.2, 0.25) is 0 Å². The first-order valence-corrected chi connectivity index (χ1v) is 8.48. The molecule has 6 heteroatoms. The molecule has 0 saturated carbocycles. The minimum absolute atomic E-state index is 0.0316. The minimum atomic E-state index is -1.27. The van der Waals surface area contributed by atoms with Crippen LogP contribution in [0.1, 0.15) is 28.5 Å². The molecule has 0 atom stereocenters. The van der Waals surface area contributed by atoms with Crippen LogP contribution in [-0.4, -0.2) is 15.5 Å². The lowest BCUT2D eigenvalue weighted by Gasteiger charge is -2.10. The second-order valence-corrected chi connectivity index (χ2v) is 6.34. The lowest BCUT2D eigenvalue weighted by Crippen LogP contribution is -2.25. The Labute approximate surface area is 152 Å². The van der Waals surface area contributed by atoms with E-state index >= 15 is 0 Å². The summed E-state index contributed by atoms with van der Waals surface area (Å²) in [6, 6.07) is 12.1. The summed E-state index contributed by atoms with van der Waals surface area (Å²) < 4.78 is 2.54. The SMILES string of the molecule is CCn1c(=O)c(/C=C/c2ccc(Br)cc2)nc2cc(C(=O)[O-])ccc21. The number of rotatable bonds is 4. The monoisotopic (exact) mass is 397 g/mol. The number of aromatic carboxylic acids is 1. The van der Waals surface area contributed by atoms with E-state index in [1.54, 1.807) is 22.8 Å². The van der Waals surface area contributed by atoms with Gasteiger partial charge in [-0.25, -0.2) is 4.98 Å². The second kappa shape index (κ2) is 7.03. The van der Waals surface area contributed by atoms with E-state index in [0.717, 1.165) is 10.0 Å². The fourth-order valence-electron chi connectivity index (χ4n) is 2.57. The first-order valence-electron chi connectivity index (χ1n) is 7.69. The highest BCUT2D eigenvalue weighted by molar-refractivity contribution is 9.10. The Morgan fingerprint density at radius 1 is 1.20 bits per heavy atom. The van der Waals surface area contributed by atoms with Gasteiger partial charge in [-0.15, -0.1) is 0 Å². The first-order chi connectivity index (χ1) is 12.0. The van der Waals surface area contributed by atoms with E-state index < -0.39 is 5.97 Å². The smallest absolute Gasteiger partial charge is 0.276 e. The Balaban J connectivity index is 2.13. The molecule has 0 fully saturated rings. The summed E-state index contributed by atoms with van der Waals surface area (Å²) in [6.07, 6.45) is 3.44. The van der Waals surface area contributed by atoms with Gasteiger partial charge in [0.2, 0.25) is 0 Å². The average molecular weight is 398 g/mol. The van der Waals surface area contributed by atoms with Gasteiger partial charge >= 0.3 is 0 Å². The molecular formula is C19H14BrN2O3-. The van der Waals surface area contributed by atoms with E-state index in [-0.39, 0.29) is 16.8 Å². The van der Waals surface area contributed by atoms with Gasteiger partial charge in [0.25, 0.3) is 5.56 Å². The van der Waals surface area contributed by atoms with Crippen molar-refractivity contribution in [2.45, 2.75) is 13.5 Å². The number of benzene rings is 2. The van der Waals surface area contributed by atoms with Gasteiger partial charge in [-0.1, -0.05) is 40.2 Å². The molecule has 1 heterocycles. The normalized spacial score (nSPS) is 11.3. The third kappa shape index (κ3) is 3.53. The van der Waals surface area contributed by atoms with Gasteiger partial charge in [-0.2, -0.15) is 0 Å². The van der Waals surface area contributed by atoms with Crippen LogP contribution in [0.4, 0.5) is 0 Å². The van der Waals surface area contributed by atoms with Crippen LogP contribution in [0.25, 0.3) is 23.2 Å². The quantitative estimate of drug-likeness (QED) is 0.678. The summed E-state index contributed by atoms with van der Waals surface area (Å²) in [5.41, 5.74) is 2.04. The van der Waals surface area contributed by atoms with Crippen molar-refractivity contribution in [3.05, 3.63) is 74.1 Å². The van der Waals surface area contributed by atoms with Crippen LogP contribution in [0.15, 0.2) is 51.7 Å². The van der Waals surface area contributed by atoms with Crippen molar-refractivity contribution in [1.82, 2.24) is 9.55 Å². The number of hydrogen-bond donors (Lipinski definition) is 0. The molecular weight excluding hydrogens is 384 g/mol. The Morgan fingerprint density at radius 3 is 2.56 bits per heavy atom. The molecule has 2 aromatic carbocycles. The number of aryl methyl sites for hydroxylation is 1. The lowest BCUT2D eigenvalue weighted by molar-refractivity contribution is -0.255. The highest BCUT2D eigenvalue weighted by atomic mass is 79.9. The zero-order valence-electron chi connectivity index (χ0n) is 13.4. The summed E-state index contributed by atoms with van der Waals surface area (Å²) in [7, 11) is 0. The van der Waals surface area contributed by atoms with Crippen LogP contribution in [0.3, 0.4) is 0 Å². The van der Waals surface area contributed by atoms with Crippen molar-refractivity contribution in [1.29, 1.82) is 0 Å². The number of hydrogen-bond acceptors (Lipinski definition) is 4. The minimum Gasteiger partial charge on any atom is -0.545 e. The van der Waals surface area contributed by atoms with Crippen LogP contribution < -0.4 is 10.7 Å². The predicted octanol–water partition coefficient (Wildman–Crippen LogP) is 2.71. The molecule has 0 radical (unpaired) electrons. The first kappa shape index (κ1) is 17.1. The lowest BCUT2D eigenvalue weighted by atomic mass is 10.1. The summed E-state index contributed by atoms with van der Waals surface area (Å²) in [5, 5.41) is 11.1. The van der Waals surface area contributed by atoms with E-state index in [2.05, 4.69) is 20.9 Å². The Morgan fingerprint density at radius 2 is 1.92 bits per heavy atom. The highest BCUT2D eigenvalue weighted by Gasteiger charge is 2.09. The molecule has 0 aliphatic rings. The summed E-state index contributed by atoms with van der Waals surface area (Å²) in [5.74, 6) is -1.27. The van der Waals surface area contributed by atoms with E-state index in [1.165, 1.54) is 12.1 Å². The van der Waals surface area contributed by atoms with E-state index in [4.69, 9.17) is 0 Å². The molecule has 3 aromatic rings. The van der Waals surface area contributed by atoms with Crippen molar-refractivity contribution in [2.75, 3.05) is 0 Å². The summed E-state index contributed by atoms with van der Waals surface area (Å²) >= 11 is 3.37.